The van der Waals surface area contributed by atoms with Gasteiger partial charge in [0.1, 0.15) is 11.3 Å². The number of aliphatic hydroxyl groups excluding tert-OH is 1. The SMILES string of the molecule is CCOC(=O)C(C=NC1CC1)=C(O)c1cc(F)c(F)c(F)c1F. The number of hydrogen-bond donors (Lipinski definition) is 1. The second kappa shape index (κ2) is 6.80. The van der Waals surface area contributed by atoms with Crippen molar-refractivity contribution in [3.8, 4) is 0 Å². The Bertz CT molecular complexity index is 696. The molecular formula is C15H13F4NO3. The number of carbonyl (C=O) groups excluding carboxylic acids is 1. The second-order valence-corrected chi connectivity index (χ2v) is 4.84. The molecule has 0 saturated heterocycles. The molecular weight excluding hydrogens is 318 g/mol. The smallest absolute Gasteiger partial charge is 0.343 e. The highest BCUT2D eigenvalue weighted by Crippen LogP contribution is 2.27. The van der Waals surface area contributed by atoms with E-state index in [0.717, 1.165) is 19.1 Å². The van der Waals surface area contributed by atoms with E-state index in [0.29, 0.717) is 0 Å². The number of esters is 1. The Labute approximate surface area is 129 Å². The average Bonchev–Trinajstić information content (AvgIpc) is 3.33. The number of aliphatic imine (C=N–C) groups is 1. The van der Waals surface area contributed by atoms with Gasteiger partial charge in [0.2, 0.25) is 0 Å². The van der Waals surface area contributed by atoms with Crippen LogP contribution in [0.15, 0.2) is 16.6 Å². The van der Waals surface area contributed by atoms with Crippen LogP contribution in [0.4, 0.5) is 17.6 Å². The molecule has 8 heteroatoms. The van der Waals surface area contributed by atoms with Crippen LogP contribution in [-0.4, -0.2) is 29.9 Å². The summed E-state index contributed by atoms with van der Waals surface area (Å²) in [5.41, 5.74) is -1.56. The van der Waals surface area contributed by atoms with Gasteiger partial charge in [-0.2, -0.15) is 0 Å². The number of halogens is 4. The van der Waals surface area contributed by atoms with E-state index in [4.69, 9.17) is 4.74 Å². The van der Waals surface area contributed by atoms with Gasteiger partial charge >= 0.3 is 5.97 Å². The van der Waals surface area contributed by atoms with Gasteiger partial charge in [0.05, 0.1) is 18.2 Å². The Hall–Kier alpha value is -2.38. The topological polar surface area (TPSA) is 58.9 Å². The van der Waals surface area contributed by atoms with Crippen molar-refractivity contribution in [2.45, 2.75) is 25.8 Å². The number of nitrogens with zero attached hydrogens (tertiary/aromatic N) is 1. The quantitative estimate of drug-likeness (QED) is 0.171. The lowest BCUT2D eigenvalue weighted by Gasteiger charge is -2.09. The largest absolute Gasteiger partial charge is 0.506 e. The van der Waals surface area contributed by atoms with Gasteiger partial charge in [-0.05, 0) is 25.8 Å². The van der Waals surface area contributed by atoms with Crippen molar-refractivity contribution in [1.29, 1.82) is 0 Å². The molecule has 1 aromatic rings. The van der Waals surface area contributed by atoms with E-state index >= 15 is 0 Å². The lowest BCUT2D eigenvalue weighted by atomic mass is 10.1. The molecule has 0 heterocycles. The van der Waals surface area contributed by atoms with Crippen molar-refractivity contribution in [2.75, 3.05) is 6.61 Å². The van der Waals surface area contributed by atoms with Crippen LogP contribution in [0.5, 0.6) is 0 Å². The normalized spacial score (nSPS) is 15.7. The van der Waals surface area contributed by atoms with Crippen LogP contribution in [0.3, 0.4) is 0 Å². The molecule has 1 N–H and O–H groups in total. The third kappa shape index (κ3) is 3.69. The summed E-state index contributed by atoms with van der Waals surface area (Å²) in [6.07, 6.45) is 2.55. The van der Waals surface area contributed by atoms with E-state index in [1.807, 2.05) is 0 Å². The minimum Gasteiger partial charge on any atom is -0.506 e. The van der Waals surface area contributed by atoms with Gasteiger partial charge in [-0.15, -0.1) is 0 Å². The van der Waals surface area contributed by atoms with Crippen LogP contribution in [-0.2, 0) is 9.53 Å². The van der Waals surface area contributed by atoms with Crippen molar-refractivity contribution in [3.05, 3.63) is 40.5 Å². The Kier molecular flexibility index (Phi) is 5.02. The molecule has 1 aromatic carbocycles. The van der Waals surface area contributed by atoms with E-state index in [1.165, 1.54) is 6.92 Å². The fraction of sp³-hybridized carbons (Fsp3) is 0.333. The summed E-state index contributed by atoms with van der Waals surface area (Å²) < 4.78 is 57.9. The maximum Gasteiger partial charge on any atom is 0.343 e. The molecule has 1 saturated carbocycles. The number of hydrogen-bond acceptors (Lipinski definition) is 4. The minimum atomic E-state index is -2.09. The number of rotatable bonds is 5. The van der Waals surface area contributed by atoms with E-state index < -0.39 is 46.1 Å². The van der Waals surface area contributed by atoms with E-state index in [2.05, 4.69) is 4.99 Å². The summed E-state index contributed by atoms with van der Waals surface area (Å²) in [5.74, 6) is -9.74. The summed E-state index contributed by atoms with van der Waals surface area (Å²) in [5, 5.41) is 10.0. The molecule has 0 unspecified atom stereocenters. The van der Waals surface area contributed by atoms with Crippen LogP contribution >= 0.6 is 0 Å². The first kappa shape index (κ1) is 17.0. The third-order valence-corrected chi connectivity index (χ3v) is 3.07. The van der Waals surface area contributed by atoms with Crippen molar-refractivity contribution in [3.63, 3.8) is 0 Å². The second-order valence-electron chi connectivity index (χ2n) is 4.84. The first-order valence-electron chi connectivity index (χ1n) is 6.83. The highest BCUT2D eigenvalue weighted by atomic mass is 19.2. The van der Waals surface area contributed by atoms with Crippen LogP contribution in [0.25, 0.3) is 5.76 Å². The number of benzene rings is 1. The molecule has 0 amide bonds. The molecule has 0 radical (unpaired) electrons. The zero-order chi connectivity index (χ0) is 17.1. The Morgan fingerprint density at radius 3 is 2.52 bits per heavy atom. The summed E-state index contributed by atoms with van der Waals surface area (Å²) in [4.78, 5) is 15.8. The Morgan fingerprint density at radius 1 is 1.30 bits per heavy atom. The summed E-state index contributed by atoms with van der Waals surface area (Å²) in [6.45, 7) is 1.46. The van der Waals surface area contributed by atoms with Gasteiger partial charge in [-0.25, -0.2) is 22.4 Å². The summed E-state index contributed by atoms with van der Waals surface area (Å²) in [6, 6.07) is 0.228. The highest BCUT2D eigenvalue weighted by molar-refractivity contribution is 6.15. The van der Waals surface area contributed by atoms with Gasteiger partial charge in [-0.1, -0.05) is 0 Å². The molecule has 124 valence electrons. The molecule has 0 aromatic heterocycles. The lowest BCUT2D eigenvalue weighted by Crippen LogP contribution is -2.13. The number of aliphatic hydroxyl groups is 1. The molecule has 23 heavy (non-hydrogen) atoms. The molecule has 4 nitrogen and oxygen atoms in total. The monoisotopic (exact) mass is 331 g/mol. The van der Waals surface area contributed by atoms with Crippen molar-refractivity contribution < 1.29 is 32.2 Å². The number of carbonyl (C=O) groups is 1. The van der Waals surface area contributed by atoms with Crippen molar-refractivity contribution >= 4 is 17.9 Å². The highest BCUT2D eigenvalue weighted by Gasteiger charge is 2.26. The molecule has 1 fully saturated rings. The van der Waals surface area contributed by atoms with Crippen LogP contribution in [0, 0.1) is 23.3 Å². The van der Waals surface area contributed by atoms with Crippen LogP contribution in [0.1, 0.15) is 25.3 Å². The molecule has 2 rings (SSSR count). The average molecular weight is 331 g/mol. The first-order valence-corrected chi connectivity index (χ1v) is 6.83. The van der Waals surface area contributed by atoms with Gasteiger partial charge < -0.3 is 9.84 Å². The number of ether oxygens (including phenoxy) is 1. The first-order chi connectivity index (χ1) is 10.9. The predicted molar refractivity (Wildman–Crippen MR) is 74.0 cm³/mol. The molecule has 1 aliphatic carbocycles. The van der Waals surface area contributed by atoms with Gasteiger partial charge in [0, 0.05) is 6.21 Å². The minimum absolute atomic E-state index is 0.0289. The summed E-state index contributed by atoms with van der Waals surface area (Å²) in [7, 11) is 0. The van der Waals surface area contributed by atoms with Gasteiger partial charge in [0.25, 0.3) is 0 Å². The maximum absolute atomic E-state index is 13.7. The fourth-order valence-corrected chi connectivity index (χ4v) is 1.71. The molecule has 0 atom stereocenters. The summed E-state index contributed by atoms with van der Waals surface area (Å²) >= 11 is 0. The Balaban J connectivity index is 2.54. The Morgan fingerprint density at radius 2 is 1.96 bits per heavy atom. The van der Waals surface area contributed by atoms with Gasteiger partial charge in [0.15, 0.2) is 23.3 Å². The molecule has 1 aliphatic rings. The predicted octanol–water partition coefficient (Wildman–Crippen LogP) is 3.31. The molecule has 0 spiro atoms. The van der Waals surface area contributed by atoms with E-state index in [1.54, 1.807) is 0 Å². The van der Waals surface area contributed by atoms with E-state index in [-0.39, 0.29) is 18.7 Å². The standard InChI is InChI=1S/C15H13F4NO3/c1-2-23-15(22)9(6-20-7-3-4-7)14(21)8-5-10(16)12(18)13(19)11(8)17/h5-7,21H,2-4H2,1H3. The zero-order valence-electron chi connectivity index (χ0n) is 12.1. The molecule has 0 aliphatic heterocycles. The lowest BCUT2D eigenvalue weighted by molar-refractivity contribution is -0.137. The molecule has 0 bridgehead atoms. The van der Waals surface area contributed by atoms with Crippen molar-refractivity contribution in [1.82, 2.24) is 0 Å². The van der Waals surface area contributed by atoms with E-state index in [9.17, 15) is 27.5 Å². The van der Waals surface area contributed by atoms with Crippen LogP contribution < -0.4 is 0 Å². The third-order valence-electron chi connectivity index (χ3n) is 3.07. The fourth-order valence-electron chi connectivity index (χ4n) is 1.71. The van der Waals surface area contributed by atoms with Crippen molar-refractivity contribution in [2.24, 2.45) is 4.99 Å². The van der Waals surface area contributed by atoms with Gasteiger partial charge in [-0.3, -0.25) is 4.99 Å². The maximum atomic E-state index is 13.7. The van der Waals surface area contributed by atoms with Crippen LogP contribution in [0.2, 0.25) is 0 Å². The zero-order valence-corrected chi connectivity index (χ0v) is 12.1.